The Morgan fingerprint density at radius 1 is 1.11 bits per heavy atom. The zero-order valence-corrected chi connectivity index (χ0v) is 17.5. The van der Waals surface area contributed by atoms with Crippen molar-refractivity contribution in [2.45, 2.75) is 44.6 Å². The summed E-state index contributed by atoms with van der Waals surface area (Å²) in [6.07, 6.45) is 1.14. The number of rotatable bonds is 5. The Kier molecular flexibility index (Phi) is 5.76. The van der Waals surface area contributed by atoms with Crippen LogP contribution in [0.5, 0.6) is 5.75 Å². The molecule has 7 heteroatoms. The Labute approximate surface area is 166 Å². The van der Waals surface area contributed by atoms with E-state index in [0.29, 0.717) is 30.7 Å². The molecule has 0 aliphatic carbocycles. The Balaban J connectivity index is 1.91. The van der Waals surface area contributed by atoms with Crippen LogP contribution in [0, 0.1) is 20.8 Å². The van der Waals surface area contributed by atoms with Crippen molar-refractivity contribution in [1.82, 2.24) is 4.31 Å². The first-order chi connectivity index (χ1) is 13.3. The van der Waals surface area contributed by atoms with E-state index in [0.717, 1.165) is 16.8 Å². The number of aryl methyl sites for hydroxylation is 3. The van der Waals surface area contributed by atoms with E-state index in [1.165, 1.54) is 17.5 Å². The molecule has 0 aromatic heterocycles. The minimum Gasteiger partial charge on any atom is -0.497 e. The van der Waals surface area contributed by atoms with E-state index in [-0.39, 0.29) is 10.8 Å². The first-order valence-electron chi connectivity index (χ1n) is 9.29. The highest BCUT2D eigenvalue weighted by Crippen LogP contribution is 2.31. The molecule has 1 aliphatic heterocycles. The monoisotopic (exact) mass is 402 g/mol. The fourth-order valence-electron chi connectivity index (χ4n) is 3.62. The molecule has 28 heavy (non-hydrogen) atoms. The summed E-state index contributed by atoms with van der Waals surface area (Å²) in [5.41, 5.74) is 3.27. The Morgan fingerprint density at radius 2 is 1.79 bits per heavy atom. The standard InChI is InChI=1S/C21H26N2O4S/c1-14-10-11-17(27-4)13-19(14)28(25,26)23-12-6-9-18(23)21(24)22-20-15(2)7-5-8-16(20)3/h5,7-8,10-11,13,18H,6,9,12H2,1-4H3,(H,22,24)/t18-/m1/s1. The van der Waals surface area contributed by atoms with Gasteiger partial charge >= 0.3 is 0 Å². The number of amides is 1. The van der Waals surface area contributed by atoms with Gasteiger partial charge in [-0.1, -0.05) is 24.3 Å². The van der Waals surface area contributed by atoms with E-state index < -0.39 is 16.1 Å². The lowest BCUT2D eigenvalue weighted by atomic mass is 10.1. The van der Waals surface area contributed by atoms with Crippen LogP contribution in [0.3, 0.4) is 0 Å². The molecule has 3 rings (SSSR count). The highest BCUT2D eigenvalue weighted by atomic mass is 32.2. The zero-order valence-electron chi connectivity index (χ0n) is 16.7. The summed E-state index contributed by atoms with van der Waals surface area (Å²) in [7, 11) is -2.32. The maximum atomic E-state index is 13.3. The Bertz CT molecular complexity index is 981. The van der Waals surface area contributed by atoms with Crippen LogP contribution in [0.2, 0.25) is 0 Å². The molecular formula is C21H26N2O4S. The number of methoxy groups -OCH3 is 1. The first kappa shape index (κ1) is 20.4. The summed E-state index contributed by atoms with van der Waals surface area (Å²) < 4.78 is 33.1. The molecule has 0 saturated carbocycles. The Morgan fingerprint density at radius 3 is 2.43 bits per heavy atom. The van der Waals surface area contributed by atoms with E-state index in [1.807, 2.05) is 32.0 Å². The highest BCUT2D eigenvalue weighted by molar-refractivity contribution is 7.89. The number of ether oxygens (including phenoxy) is 1. The van der Waals surface area contributed by atoms with Crippen molar-refractivity contribution in [3.05, 3.63) is 53.1 Å². The molecule has 2 aromatic rings. The molecule has 1 saturated heterocycles. The molecule has 1 heterocycles. The second kappa shape index (κ2) is 7.93. The number of hydrogen-bond donors (Lipinski definition) is 1. The molecule has 2 aromatic carbocycles. The minimum absolute atomic E-state index is 0.179. The second-order valence-electron chi connectivity index (χ2n) is 7.16. The predicted octanol–water partition coefficient (Wildman–Crippen LogP) is 3.41. The lowest BCUT2D eigenvalue weighted by molar-refractivity contribution is -0.119. The average Bonchev–Trinajstić information content (AvgIpc) is 3.16. The molecule has 1 atom stereocenters. The smallest absolute Gasteiger partial charge is 0.244 e. The second-order valence-corrected chi connectivity index (χ2v) is 9.02. The average molecular weight is 403 g/mol. The number of para-hydroxylation sites is 1. The van der Waals surface area contributed by atoms with Crippen molar-refractivity contribution in [2.75, 3.05) is 19.0 Å². The zero-order chi connectivity index (χ0) is 20.5. The van der Waals surface area contributed by atoms with Gasteiger partial charge in [0, 0.05) is 18.3 Å². The summed E-state index contributed by atoms with van der Waals surface area (Å²) in [5.74, 6) is 0.180. The van der Waals surface area contributed by atoms with Crippen LogP contribution in [-0.4, -0.2) is 38.3 Å². The molecule has 0 radical (unpaired) electrons. The third-order valence-corrected chi connectivity index (χ3v) is 7.27. The van der Waals surface area contributed by atoms with Gasteiger partial charge in [0.25, 0.3) is 0 Å². The van der Waals surface area contributed by atoms with E-state index in [4.69, 9.17) is 4.74 Å². The molecule has 0 unspecified atom stereocenters. The van der Waals surface area contributed by atoms with Gasteiger partial charge in [-0.3, -0.25) is 4.79 Å². The lowest BCUT2D eigenvalue weighted by Crippen LogP contribution is -2.43. The molecule has 1 amide bonds. The van der Waals surface area contributed by atoms with Crippen molar-refractivity contribution in [3.63, 3.8) is 0 Å². The first-order valence-corrected chi connectivity index (χ1v) is 10.7. The van der Waals surface area contributed by atoms with Gasteiger partial charge in [0.15, 0.2) is 0 Å². The molecule has 1 N–H and O–H groups in total. The van der Waals surface area contributed by atoms with Gasteiger partial charge in [-0.25, -0.2) is 8.42 Å². The van der Waals surface area contributed by atoms with Crippen LogP contribution in [0.1, 0.15) is 29.5 Å². The van der Waals surface area contributed by atoms with Crippen LogP contribution < -0.4 is 10.1 Å². The minimum atomic E-state index is -3.82. The van der Waals surface area contributed by atoms with Gasteiger partial charge < -0.3 is 10.1 Å². The molecule has 6 nitrogen and oxygen atoms in total. The summed E-state index contributed by atoms with van der Waals surface area (Å²) in [5, 5.41) is 2.94. The number of carbonyl (C=O) groups is 1. The highest BCUT2D eigenvalue weighted by Gasteiger charge is 2.40. The van der Waals surface area contributed by atoms with Crippen LogP contribution >= 0.6 is 0 Å². The van der Waals surface area contributed by atoms with Crippen molar-refractivity contribution >= 4 is 21.6 Å². The number of nitrogens with one attached hydrogen (secondary N) is 1. The predicted molar refractivity (Wildman–Crippen MR) is 109 cm³/mol. The van der Waals surface area contributed by atoms with Gasteiger partial charge in [-0.05, 0) is 56.4 Å². The van der Waals surface area contributed by atoms with Gasteiger partial charge in [0.05, 0.1) is 12.0 Å². The molecule has 1 aliphatic rings. The largest absolute Gasteiger partial charge is 0.497 e. The third-order valence-electron chi connectivity index (χ3n) is 5.22. The SMILES string of the molecule is COc1ccc(C)c(S(=O)(=O)N2CCC[C@@H]2C(=O)Nc2c(C)cccc2C)c1. The maximum Gasteiger partial charge on any atom is 0.244 e. The van der Waals surface area contributed by atoms with Crippen LogP contribution in [0.4, 0.5) is 5.69 Å². The number of nitrogens with zero attached hydrogens (tertiary/aromatic N) is 1. The summed E-state index contributed by atoms with van der Waals surface area (Å²) >= 11 is 0. The number of sulfonamides is 1. The topological polar surface area (TPSA) is 75.7 Å². The molecular weight excluding hydrogens is 376 g/mol. The molecule has 0 spiro atoms. The van der Waals surface area contributed by atoms with Gasteiger partial charge in [0.2, 0.25) is 15.9 Å². The fraction of sp³-hybridized carbons (Fsp3) is 0.381. The summed E-state index contributed by atoms with van der Waals surface area (Å²) in [6.45, 7) is 5.91. The van der Waals surface area contributed by atoms with Crippen molar-refractivity contribution in [1.29, 1.82) is 0 Å². The van der Waals surface area contributed by atoms with Gasteiger partial charge in [-0.15, -0.1) is 0 Å². The molecule has 1 fully saturated rings. The van der Waals surface area contributed by atoms with Crippen molar-refractivity contribution in [2.24, 2.45) is 0 Å². The number of carbonyl (C=O) groups excluding carboxylic acids is 1. The quantitative estimate of drug-likeness (QED) is 0.832. The van der Waals surface area contributed by atoms with E-state index >= 15 is 0 Å². The molecule has 150 valence electrons. The normalized spacial score (nSPS) is 17.5. The number of anilines is 1. The third kappa shape index (κ3) is 3.77. The van der Waals surface area contributed by atoms with Gasteiger partial charge in [0.1, 0.15) is 11.8 Å². The van der Waals surface area contributed by atoms with Crippen LogP contribution in [-0.2, 0) is 14.8 Å². The maximum absolute atomic E-state index is 13.3. The fourth-order valence-corrected chi connectivity index (χ4v) is 5.52. The van der Waals surface area contributed by atoms with Crippen molar-refractivity contribution in [3.8, 4) is 5.75 Å². The van der Waals surface area contributed by atoms with Crippen LogP contribution in [0.15, 0.2) is 41.3 Å². The van der Waals surface area contributed by atoms with Crippen molar-refractivity contribution < 1.29 is 17.9 Å². The summed E-state index contributed by atoms with van der Waals surface area (Å²) in [6, 6.07) is 10.0. The lowest BCUT2D eigenvalue weighted by Gasteiger charge is -2.25. The van der Waals surface area contributed by atoms with E-state index in [9.17, 15) is 13.2 Å². The summed E-state index contributed by atoms with van der Waals surface area (Å²) in [4.78, 5) is 13.2. The van der Waals surface area contributed by atoms with Gasteiger partial charge in [-0.2, -0.15) is 4.31 Å². The molecule has 0 bridgehead atoms. The van der Waals surface area contributed by atoms with Crippen LogP contribution in [0.25, 0.3) is 0 Å². The van der Waals surface area contributed by atoms with E-state index in [1.54, 1.807) is 19.1 Å². The number of benzene rings is 2. The number of hydrogen-bond acceptors (Lipinski definition) is 4. The Hall–Kier alpha value is -2.38. The van der Waals surface area contributed by atoms with E-state index in [2.05, 4.69) is 5.32 Å².